The van der Waals surface area contributed by atoms with Crippen molar-refractivity contribution in [1.82, 2.24) is 20.2 Å². The second-order valence-electron chi connectivity index (χ2n) is 8.93. The number of aliphatic carboxylic acids is 1. The van der Waals surface area contributed by atoms with Gasteiger partial charge in [-0.15, -0.1) is 0 Å². The molecule has 1 aliphatic rings. The lowest BCUT2D eigenvalue weighted by atomic mass is 10.0. The van der Waals surface area contributed by atoms with Gasteiger partial charge in [-0.2, -0.15) is 5.26 Å². The molecule has 198 valence electrons. The van der Waals surface area contributed by atoms with E-state index in [2.05, 4.69) is 21.4 Å². The standard InChI is InChI=1S/C25H26N6O7/c26-12-16-2-1-9-30(16)25(35)21(29-22(32)6-8-24(33)34)10-15-13-27-20-5-4-18(11-19(15)20)38-23-7-3-17(14-28-23)31(36)37/h3-5,7,11,13-14,16,21-22,27,29,32H,1-2,6,8-10H2,(H,33,34)/t16-,21-,22?/m0/s1. The maximum Gasteiger partial charge on any atom is 0.303 e. The van der Waals surface area contributed by atoms with Gasteiger partial charge in [0.25, 0.3) is 5.69 Å². The van der Waals surface area contributed by atoms with Gasteiger partial charge in [-0.05, 0) is 49.4 Å². The number of hydrogen-bond acceptors (Lipinski definition) is 9. The van der Waals surface area contributed by atoms with Gasteiger partial charge in [-0.1, -0.05) is 0 Å². The number of likely N-dealkylation sites (tertiary alicyclic amines) is 1. The van der Waals surface area contributed by atoms with Gasteiger partial charge in [0.2, 0.25) is 11.8 Å². The Morgan fingerprint density at radius 1 is 1.37 bits per heavy atom. The predicted octanol–water partition coefficient (Wildman–Crippen LogP) is 2.46. The Labute approximate surface area is 216 Å². The molecule has 3 atom stereocenters. The maximum absolute atomic E-state index is 13.4. The molecule has 3 heterocycles. The first kappa shape index (κ1) is 26.5. The summed E-state index contributed by atoms with van der Waals surface area (Å²) in [5, 5.41) is 43.2. The molecule has 4 N–H and O–H groups in total. The first-order valence-corrected chi connectivity index (χ1v) is 12.0. The molecule has 13 heteroatoms. The summed E-state index contributed by atoms with van der Waals surface area (Å²) >= 11 is 0. The number of nitrogens with zero attached hydrogens (tertiary/aromatic N) is 4. The SMILES string of the molecule is N#C[C@@H]1CCCN1C(=O)[C@H](Cc1c[nH]c2ccc(Oc3ccc([N+](=O)[O-])cn3)cc12)NC(O)CCC(=O)O. The van der Waals surface area contributed by atoms with Gasteiger partial charge >= 0.3 is 5.97 Å². The third-order valence-electron chi connectivity index (χ3n) is 6.33. The van der Waals surface area contributed by atoms with Gasteiger partial charge in [0.15, 0.2) is 0 Å². The van der Waals surface area contributed by atoms with Crippen LogP contribution in [0.4, 0.5) is 5.69 Å². The number of fused-ring (bicyclic) bond motifs is 1. The molecule has 0 saturated carbocycles. The summed E-state index contributed by atoms with van der Waals surface area (Å²) in [7, 11) is 0. The quantitative estimate of drug-likeness (QED) is 0.165. The number of aromatic nitrogens is 2. The van der Waals surface area contributed by atoms with E-state index in [0.717, 1.165) is 22.7 Å². The molecule has 4 rings (SSSR count). The molecule has 1 fully saturated rings. The zero-order valence-electron chi connectivity index (χ0n) is 20.2. The maximum atomic E-state index is 13.4. The Morgan fingerprint density at radius 3 is 2.87 bits per heavy atom. The van der Waals surface area contributed by atoms with Gasteiger partial charge in [0.05, 0.1) is 17.0 Å². The van der Waals surface area contributed by atoms with Crippen molar-refractivity contribution in [2.45, 2.75) is 50.4 Å². The van der Waals surface area contributed by atoms with E-state index in [0.29, 0.717) is 25.1 Å². The predicted molar refractivity (Wildman–Crippen MR) is 133 cm³/mol. The van der Waals surface area contributed by atoms with Crippen molar-refractivity contribution >= 4 is 28.5 Å². The number of carboxylic acids is 1. The number of carbonyl (C=O) groups is 2. The van der Waals surface area contributed by atoms with E-state index in [4.69, 9.17) is 9.84 Å². The molecule has 0 spiro atoms. The highest BCUT2D eigenvalue weighted by atomic mass is 16.6. The minimum Gasteiger partial charge on any atom is -0.481 e. The fraction of sp³-hybridized carbons (Fsp3) is 0.360. The normalized spacial score (nSPS) is 16.6. The number of nitriles is 1. The van der Waals surface area contributed by atoms with Gasteiger partial charge in [-0.3, -0.25) is 25.0 Å². The zero-order chi connectivity index (χ0) is 27.2. The second kappa shape index (κ2) is 11.7. The average Bonchev–Trinajstić information content (AvgIpc) is 3.54. The lowest BCUT2D eigenvalue weighted by Crippen LogP contribution is -2.52. The number of benzene rings is 1. The van der Waals surface area contributed by atoms with Crippen molar-refractivity contribution in [3.05, 3.63) is 58.4 Å². The van der Waals surface area contributed by atoms with E-state index in [-0.39, 0.29) is 36.7 Å². The number of H-pyrrole nitrogens is 1. The molecule has 1 aliphatic heterocycles. The van der Waals surface area contributed by atoms with Crippen LogP contribution < -0.4 is 10.1 Å². The molecular formula is C25H26N6O7. The Morgan fingerprint density at radius 2 is 2.18 bits per heavy atom. The van der Waals surface area contributed by atoms with Gasteiger partial charge in [0, 0.05) is 42.2 Å². The molecule has 1 aromatic carbocycles. The van der Waals surface area contributed by atoms with Crippen LogP contribution in [-0.2, 0) is 16.0 Å². The lowest BCUT2D eigenvalue weighted by Gasteiger charge is -2.28. The number of carboxylic acid groups (broad SMARTS) is 1. The van der Waals surface area contributed by atoms with E-state index in [1.807, 2.05) is 0 Å². The lowest BCUT2D eigenvalue weighted by molar-refractivity contribution is -0.385. The van der Waals surface area contributed by atoms with Crippen molar-refractivity contribution < 1.29 is 29.5 Å². The number of nitro groups is 1. The van der Waals surface area contributed by atoms with Crippen LogP contribution in [0.3, 0.4) is 0 Å². The van der Waals surface area contributed by atoms with Crippen molar-refractivity contribution in [1.29, 1.82) is 5.26 Å². The van der Waals surface area contributed by atoms with Crippen LogP contribution in [0.1, 0.15) is 31.2 Å². The van der Waals surface area contributed by atoms with Crippen LogP contribution in [0.2, 0.25) is 0 Å². The number of aliphatic hydroxyl groups is 1. The number of aromatic amines is 1. The Kier molecular flexibility index (Phi) is 8.15. The molecule has 1 unspecified atom stereocenters. The van der Waals surface area contributed by atoms with Gasteiger partial charge in [-0.25, -0.2) is 4.98 Å². The number of hydrogen-bond donors (Lipinski definition) is 4. The van der Waals surface area contributed by atoms with Crippen molar-refractivity contribution in [2.24, 2.45) is 0 Å². The Bertz CT molecular complexity index is 1370. The van der Waals surface area contributed by atoms with Gasteiger partial charge < -0.3 is 24.8 Å². The van der Waals surface area contributed by atoms with E-state index >= 15 is 0 Å². The summed E-state index contributed by atoms with van der Waals surface area (Å²) in [6.07, 6.45) is 2.65. The van der Waals surface area contributed by atoms with Crippen LogP contribution in [0.15, 0.2) is 42.7 Å². The summed E-state index contributed by atoms with van der Waals surface area (Å²) in [4.78, 5) is 43.2. The Balaban J connectivity index is 1.57. The fourth-order valence-corrected chi connectivity index (χ4v) is 4.43. The number of aliphatic hydroxyl groups excluding tert-OH is 1. The average molecular weight is 523 g/mol. The zero-order valence-corrected chi connectivity index (χ0v) is 20.2. The third-order valence-corrected chi connectivity index (χ3v) is 6.33. The summed E-state index contributed by atoms with van der Waals surface area (Å²) in [5.41, 5.74) is 1.33. The Hall–Kier alpha value is -4.54. The summed E-state index contributed by atoms with van der Waals surface area (Å²) < 4.78 is 5.76. The fourth-order valence-electron chi connectivity index (χ4n) is 4.43. The van der Waals surface area contributed by atoms with Crippen LogP contribution in [0.25, 0.3) is 10.9 Å². The molecule has 2 aromatic heterocycles. The number of carbonyl (C=O) groups excluding carboxylic acids is 1. The summed E-state index contributed by atoms with van der Waals surface area (Å²) in [6.45, 7) is 0.425. The second-order valence-corrected chi connectivity index (χ2v) is 8.93. The largest absolute Gasteiger partial charge is 0.481 e. The number of pyridine rings is 1. The number of nitrogens with one attached hydrogen (secondary N) is 2. The van der Waals surface area contributed by atoms with Crippen molar-refractivity contribution in [3.8, 4) is 17.7 Å². The molecule has 0 radical (unpaired) electrons. The van der Waals surface area contributed by atoms with Gasteiger partial charge in [0.1, 0.15) is 24.2 Å². The van der Waals surface area contributed by atoms with Crippen molar-refractivity contribution in [2.75, 3.05) is 6.54 Å². The van der Waals surface area contributed by atoms with E-state index in [1.54, 1.807) is 24.4 Å². The topological polar surface area (TPSA) is 195 Å². The molecule has 3 aromatic rings. The first-order chi connectivity index (χ1) is 18.2. The van der Waals surface area contributed by atoms with E-state index < -0.39 is 29.2 Å². The number of rotatable bonds is 11. The molecule has 38 heavy (non-hydrogen) atoms. The number of ether oxygens (including phenoxy) is 1. The monoisotopic (exact) mass is 522 g/mol. The minimum absolute atomic E-state index is 0.0884. The van der Waals surface area contributed by atoms with Crippen LogP contribution in [0, 0.1) is 21.4 Å². The minimum atomic E-state index is -1.24. The molecule has 0 aliphatic carbocycles. The summed E-state index contributed by atoms with van der Waals surface area (Å²) in [5.74, 6) is -0.828. The molecule has 1 amide bonds. The molecule has 0 bridgehead atoms. The van der Waals surface area contributed by atoms with Crippen LogP contribution in [0.5, 0.6) is 11.6 Å². The summed E-state index contributed by atoms with van der Waals surface area (Å²) in [6, 6.07) is 8.56. The third kappa shape index (κ3) is 6.23. The highest BCUT2D eigenvalue weighted by Crippen LogP contribution is 2.29. The highest BCUT2D eigenvalue weighted by Gasteiger charge is 2.34. The van der Waals surface area contributed by atoms with Crippen LogP contribution >= 0.6 is 0 Å². The van der Waals surface area contributed by atoms with E-state index in [1.165, 1.54) is 17.0 Å². The molecular weight excluding hydrogens is 496 g/mol. The molecule has 13 nitrogen and oxygen atoms in total. The van der Waals surface area contributed by atoms with E-state index in [9.17, 15) is 30.1 Å². The molecule has 1 saturated heterocycles. The first-order valence-electron chi connectivity index (χ1n) is 12.0. The highest BCUT2D eigenvalue weighted by molar-refractivity contribution is 5.87. The smallest absolute Gasteiger partial charge is 0.303 e. The van der Waals surface area contributed by atoms with Crippen molar-refractivity contribution in [3.63, 3.8) is 0 Å². The number of amides is 1. The van der Waals surface area contributed by atoms with Crippen LogP contribution in [-0.4, -0.2) is 66.7 Å².